The number of hydrogen-bond donors (Lipinski definition) is 2. The van der Waals surface area contributed by atoms with Gasteiger partial charge in [0.05, 0.1) is 24.3 Å². The number of nitrogens with one attached hydrogen (secondary N) is 1. The molecule has 0 spiro atoms. The molecule has 0 amide bonds. The van der Waals surface area contributed by atoms with Crippen LogP contribution < -0.4 is 4.74 Å². The van der Waals surface area contributed by atoms with Crippen molar-refractivity contribution < 1.29 is 9.84 Å². The maximum Gasteiger partial charge on any atom is 0.120 e. The molecular formula is C15H15N3O2S. The molecule has 108 valence electrons. The summed E-state index contributed by atoms with van der Waals surface area (Å²) in [6, 6.07) is 5.91. The summed E-state index contributed by atoms with van der Waals surface area (Å²) in [5, 5.41) is 19.5. The highest BCUT2D eigenvalue weighted by molar-refractivity contribution is 8.14. The molecule has 0 aliphatic carbocycles. The van der Waals surface area contributed by atoms with Gasteiger partial charge >= 0.3 is 0 Å². The first-order valence-corrected chi connectivity index (χ1v) is 7.44. The zero-order valence-corrected chi connectivity index (χ0v) is 12.4. The highest BCUT2D eigenvalue weighted by atomic mass is 32.2. The van der Waals surface area contributed by atoms with Gasteiger partial charge in [-0.3, -0.25) is 0 Å². The van der Waals surface area contributed by atoms with Crippen molar-refractivity contribution >= 4 is 33.4 Å². The molecule has 0 saturated heterocycles. The molecule has 0 atom stereocenters. The van der Waals surface area contributed by atoms with Crippen LogP contribution in [0.1, 0.15) is 12.0 Å². The summed E-state index contributed by atoms with van der Waals surface area (Å²) in [5.41, 5.74) is 2.99. The number of fused-ring (bicyclic) bond motifs is 1. The monoisotopic (exact) mass is 301 g/mol. The number of benzene rings is 1. The molecule has 0 fully saturated rings. The topological polar surface area (TPSA) is 70.0 Å². The molecule has 1 aliphatic heterocycles. The van der Waals surface area contributed by atoms with Gasteiger partial charge in [-0.15, -0.1) is 16.9 Å². The third-order valence-corrected chi connectivity index (χ3v) is 4.24. The maximum atomic E-state index is 9.13. The van der Waals surface area contributed by atoms with Gasteiger partial charge in [-0.2, -0.15) is 5.10 Å². The molecule has 6 heteroatoms. The summed E-state index contributed by atoms with van der Waals surface area (Å²) in [5.74, 6) is 1.42. The standard InChI is InChI=1S/C15H15N3O2S/c1-9(19)8-21-15-6-14(17-18-15)12-7-16-13-5-10(20-2)3-4-11(12)13/h3-5,7,16,19H,1,6,8H2,2H3. The Morgan fingerprint density at radius 3 is 3.10 bits per heavy atom. The summed E-state index contributed by atoms with van der Waals surface area (Å²) < 4.78 is 5.22. The van der Waals surface area contributed by atoms with E-state index in [2.05, 4.69) is 21.8 Å². The first kappa shape index (κ1) is 13.8. The molecule has 5 nitrogen and oxygen atoms in total. The van der Waals surface area contributed by atoms with E-state index in [0.29, 0.717) is 12.2 Å². The maximum absolute atomic E-state index is 9.13. The third-order valence-electron chi connectivity index (χ3n) is 3.21. The quantitative estimate of drug-likeness (QED) is 0.849. The Kier molecular flexibility index (Phi) is 3.70. The van der Waals surface area contributed by atoms with Crippen LogP contribution in [-0.2, 0) is 0 Å². The fourth-order valence-corrected chi connectivity index (χ4v) is 2.87. The van der Waals surface area contributed by atoms with Crippen LogP contribution in [0.4, 0.5) is 0 Å². The van der Waals surface area contributed by atoms with Gasteiger partial charge < -0.3 is 14.8 Å². The largest absolute Gasteiger partial charge is 0.512 e. The van der Waals surface area contributed by atoms with E-state index in [-0.39, 0.29) is 5.76 Å². The normalized spacial score (nSPS) is 14.1. The molecule has 2 N–H and O–H groups in total. The second-order valence-electron chi connectivity index (χ2n) is 4.69. The van der Waals surface area contributed by atoms with Crippen LogP contribution in [0.25, 0.3) is 10.9 Å². The van der Waals surface area contributed by atoms with Crippen LogP contribution in [0.3, 0.4) is 0 Å². The molecule has 0 saturated carbocycles. The van der Waals surface area contributed by atoms with Gasteiger partial charge in [0.1, 0.15) is 10.8 Å². The van der Waals surface area contributed by atoms with Crippen LogP contribution >= 0.6 is 11.8 Å². The first-order chi connectivity index (χ1) is 10.2. The number of methoxy groups -OCH3 is 1. The van der Waals surface area contributed by atoms with Gasteiger partial charge in [0.25, 0.3) is 0 Å². The van der Waals surface area contributed by atoms with Crippen LogP contribution in [0, 0.1) is 0 Å². The number of aromatic nitrogens is 1. The van der Waals surface area contributed by atoms with E-state index < -0.39 is 0 Å². The minimum atomic E-state index is 0.148. The minimum absolute atomic E-state index is 0.148. The van der Waals surface area contributed by atoms with Gasteiger partial charge in [0.2, 0.25) is 0 Å². The Hall–Kier alpha value is -2.21. The van der Waals surface area contributed by atoms with Crippen LogP contribution in [-0.4, -0.2) is 33.7 Å². The molecule has 1 aliphatic rings. The smallest absolute Gasteiger partial charge is 0.120 e. The van der Waals surface area contributed by atoms with Gasteiger partial charge in [0, 0.05) is 35.2 Å². The number of ether oxygens (including phenoxy) is 1. The third kappa shape index (κ3) is 2.80. The van der Waals surface area contributed by atoms with E-state index in [4.69, 9.17) is 9.84 Å². The van der Waals surface area contributed by atoms with Crippen LogP contribution in [0.15, 0.2) is 46.9 Å². The van der Waals surface area contributed by atoms with Gasteiger partial charge in [-0.05, 0) is 12.1 Å². The Balaban J connectivity index is 1.79. The number of aliphatic hydroxyl groups excluding tert-OH is 1. The lowest BCUT2D eigenvalue weighted by molar-refractivity contribution is 0.415. The van der Waals surface area contributed by atoms with Crippen molar-refractivity contribution in [3.8, 4) is 5.75 Å². The lowest BCUT2D eigenvalue weighted by Crippen LogP contribution is -2.01. The first-order valence-electron chi connectivity index (χ1n) is 6.46. The molecule has 2 aromatic rings. The average molecular weight is 301 g/mol. The number of nitrogens with zero attached hydrogens (tertiary/aromatic N) is 2. The highest BCUT2D eigenvalue weighted by Crippen LogP contribution is 2.27. The van der Waals surface area contributed by atoms with Crippen LogP contribution in [0.2, 0.25) is 0 Å². The average Bonchev–Trinajstić information content (AvgIpc) is 3.10. The summed E-state index contributed by atoms with van der Waals surface area (Å²) in [6.45, 7) is 3.47. The summed E-state index contributed by atoms with van der Waals surface area (Å²) in [6.07, 6.45) is 2.62. The van der Waals surface area contributed by atoms with Gasteiger partial charge in [0.15, 0.2) is 0 Å². The van der Waals surface area contributed by atoms with Crippen molar-refractivity contribution in [1.29, 1.82) is 0 Å². The molecule has 0 unspecified atom stereocenters. The fraction of sp³-hybridized carbons (Fsp3) is 0.200. The number of rotatable bonds is 4. The Morgan fingerprint density at radius 1 is 1.48 bits per heavy atom. The molecule has 0 bridgehead atoms. The predicted octanol–water partition coefficient (Wildman–Crippen LogP) is 3.49. The summed E-state index contributed by atoms with van der Waals surface area (Å²) in [4.78, 5) is 3.23. The molecule has 0 radical (unpaired) electrons. The predicted molar refractivity (Wildman–Crippen MR) is 87.7 cm³/mol. The molecule has 1 aromatic heterocycles. The van der Waals surface area contributed by atoms with E-state index >= 15 is 0 Å². The van der Waals surface area contributed by atoms with Crippen molar-refractivity contribution in [1.82, 2.24) is 4.98 Å². The number of H-pyrrole nitrogens is 1. The number of thioether (sulfide) groups is 1. The Morgan fingerprint density at radius 2 is 2.33 bits per heavy atom. The van der Waals surface area contributed by atoms with Crippen molar-refractivity contribution in [2.75, 3.05) is 12.9 Å². The Bertz CT molecular complexity index is 761. The lowest BCUT2D eigenvalue weighted by atomic mass is 10.1. The summed E-state index contributed by atoms with van der Waals surface area (Å²) >= 11 is 1.46. The number of aromatic amines is 1. The van der Waals surface area contributed by atoms with Crippen molar-refractivity contribution in [2.45, 2.75) is 6.42 Å². The van der Waals surface area contributed by atoms with E-state index in [1.807, 2.05) is 24.4 Å². The lowest BCUT2D eigenvalue weighted by Gasteiger charge is -2.01. The second-order valence-corrected chi connectivity index (χ2v) is 5.73. The number of aliphatic hydroxyl groups is 1. The van der Waals surface area contributed by atoms with Gasteiger partial charge in [-0.1, -0.05) is 6.58 Å². The highest BCUT2D eigenvalue weighted by Gasteiger charge is 2.18. The zero-order valence-electron chi connectivity index (χ0n) is 11.6. The van der Waals surface area contributed by atoms with Gasteiger partial charge in [-0.25, -0.2) is 0 Å². The molecule has 2 heterocycles. The van der Waals surface area contributed by atoms with E-state index in [1.165, 1.54) is 11.8 Å². The SMILES string of the molecule is C=C(O)CSC1=NN=C(c2c[nH]c3cc(OC)ccc23)C1. The van der Waals surface area contributed by atoms with Crippen molar-refractivity contribution in [3.63, 3.8) is 0 Å². The Labute approximate surface area is 126 Å². The van der Waals surface area contributed by atoms with Crippen molar-refractivity contribution in [2.24, 2.45) is 10.2 Å². The number of hydrogen-bond acceptors (Lipinski definition) is 5. The molecule has 21 heavy (non-hydrogen) atoms. The second kappa shape index (κ2) is 5.65. The van der Waals surface area contributed by atoms with E-state index in [1.54, 1.807) is 7.11 Å². The summed E-state index contributed by atoms with van der Waals surface area (Å²) in [7, 11) is 1.65. The molecular weight excluding hydrogens is 286 g/mol. The zero-order chi connectivity index (χ0) is 14.8. The van der Waals surface area contributed by atoms with Crippen molar-refractivity contribution in [3.05, 3.63) is 42.3 Å². The molecule has 1 aromatic carbocycles. The van der Waals surface area contributed by atoms with E-state index in [9.17, 15) is 0 Å². The van der Waals surface area contributed by atoms with Crippen LogP contribution in [0.5, 0.6) is 5.75 Å². The molecule has 3 rings (SSSR count). The fourth-order valence-electron chi connectivity index (χ4n) is 2.20. The minimum Gasteiger partial charge on any atom is -0.512 e. The van der Waals surface area contributed by atoms with E-state index in [0.717, 1.165) is 33.0 Å².